The number of carbonyl (C=O) groups is 2. The Morgan fingerprint density at radius 1 is 1.47 bits per heavy atom. The number of nitrogens with one attached hydrogen (secondary N) is 1. The summed E-state index contributed by atoms with van der Waals surface area (Å²) in [5.41, 5.74) is 0.337. The van der Waals surface area contributed by atoms with E-state index in [-0.39, 0.29) is 11.4 Å². The minimum atomic E-state index is -0.997. The summed E-state index contributed by atoms with van der Waals surface area (Å²) in [6.07, 6.45) is 4.47. The van der Waals surface area contributed by atoms with Gasteiger partial charge in [-0.05, 0) is 32.4 Å². The summed E-state index contributed by atoms with van der Waals surface area (Å²) in [4.78, 5) is 23.2. The molecule has 0 aromatic carbocycles. The molecule has 1 heterocycles. The zero-order valence-electron chi connectivity index (χ0n) is 11.4. The zero-order valence-corrected chi connectivity index (χ0v) is 12.2. The van der Waals surface area contributed by atoms with Crippen molar-refractivity contribution in [3.63, 3.8) is 0 Å². The Morgan fingerprint density at radius 3 is 2.74 bits per heavy atom. The highest BCUT2D eigenvalue weighted by Gasteiger charge is 2.20. The van der Waals surface area contributed by atoms with Crippen molar-refractivity contribution in [3.05, 3.63) is 28.0 Å². The lowest BCUT2D eigenvalue weighted by Gasteiger charge is -2.25. The fraction of sp³-hybridized carbons (Fsp3) is 0.429. The monoisotopic (exact) mass is 281 g/mol. The third-order valence-electron chi connectivity index (χ3n) is 2.60. The predicted molar refractivity (Wildman–Crippen MR) is 77.4 cm³/mol. The minimum Gasteiger partial charge on any atom is -0.478 e. The number of carboxylic acid groups (broad SMARTS) is 1. The third kappa shape index (κ3) is 5.26. The van der Waals surface area contributed by atoms with Crippen molar-refractivity contribution in [2.24, 2.45) is 0 Å². The number of carbonyl (C=O) groups excluding carboxylic acids is 1. The van der Waals surface area contributed by atoms with Gasteiger partial charge in [-0.3, -0.25) is 4.79 Å². The molecule has 5 heteroatoms. The first-order valence-electron chi connectivity index (χ1n) is 6.16. The van der Waals surface area contributed by atoms with Gasteiger partial charge in [-0.1, -0.05) is 13.3 Å². The van der Waals surface area contributed by atoms with Crippen LogP contribution < -0.4 is 5.32 Å². The first-order chi connectivity index (χ1) is 8.84. The maximum absolute atomic E-state index is 12.0. The van der Waals surface area contributed by atoms with E-state index in [1.165, 1.54) is 17.4 Å². The summed E-state index contributed by atoms with van der Waals surface area (Å²) in [5, 5.41) is 13.3. The molecule has 1 aromatic rings. The second-order valence-corrected chi connectivity index (χ2v) is 5.94. The van der Waals surface area contributed by atoms with Gasteiger partial charge in [-0.15, -0.1) is 11.3 Å². The molecule has 0 bridgehead atoms. The lowest BCUT2D eigenvalue weighted by atomic mass is 9.98. The molecule has 1 aromatic heterocycles. The molecule has 0 radical (unpaired) electrons. The van der Waals surface area contributed by atoms with E-state index in [0.29, 0.717) is 5.56 Å². The molecule has 2 N–H and O–H groups in total. The molecule has 0 atom stereocenters. The highest BCUT2D eigenvalue weighted by Crippen LogP contribution is 2.18. The van der Waals surface area contributed by atoms with Gasteiger partial charge in [0.1, 0.15) is 0 Å². The number of thiophene rings is 1. The van der Waals surface area contributed by atoms with E-state index in [4.69, 9.17) is 5.11 Å². The van der Waals surface area contributed by atoms with Crippen LogP contribution in [0, 0.1) is 0 Å². The Labute approximate surface area is 117 Å². The summed E-state index contributed by atoms with van der Waals surface area (Å²) in [6, 6.07) is 1.70. The fourth-order valence-electron chi connectivity index (χ4n) is 1.78. The molecule has 0 spiro atoms. The average molecular weight is 281 g/mol. The van der Waals surface area contributed by atoms with E-state index >= 15 is 0 Å². The molecule has 4 nitrogen and oxygen atoms in total. The SMILES string of the molecule is CCCC(C)(C)NC(=O)c1csc(/C=C/C(=O)O)c1. The van der Waals surface area contributed by atoms with Gasteiger partial charge < -0.3 is 10.4 Å². The van der Waals surface area contributed by atoms with Crippen LogP contribution >= 0.6 is 11.3 Å². The number of hydrogen-bond acceptors (Lipinski definition) is 3. The van der Waals surface area contributed by atoms with Crippen LogP contribution in [-0.2, 0) is 4.79 Å². The van der Waals surface area contributed by atoms with Crippen molar-refractivity contribution in [2.45, 2.75) is 39.2 Å². The van der Waals surface area contributed by atoms with Crippen molar-refractivity contribution in [2.75, 3.05) is 0 Å². The molecule has 1 amide bonds. The quantitative estimate of drug-likeness (QED) is 0.787. The Morgan fingerprint density at radius 2 is 2.16 bits per heavy atom. The van der Waals surface area contributed by atoms with Gasteiger partial charge in [-0.25, -0.2) is 4.79 Å². The van der Waals surface area contributed by atoms with E-state index in [1.54, 1.807) is 11.4 Å². The van der Waals surface area contributed by atoms with Crippen LogP contribution in [0.2, 0.25) is 0 Å². The predicted octanol–water partition coefficient (Wildman–Crippen LogP) is 3.15. The third-order valence-corrected chi connectivity index (χ3v) is 3.50. The van der Waals surface area contributed by atoms with Gasteiger partial charge in [0, 0.05) is 21.9 Å². The molecule has 19 heavy (non-hydrogen) atoms. The summed E-state index contributed by atoms with van der Waals surface area (Å²) >= 11 is 1.35. The smallest absolute Gasteiger partial charge is 0.328 e. The fourth-order valence-corrected chi connectivity index (χ4v) is 2.56. The molecule has 104 valence electrons. The number of amides is 1. The Kier molecular flexibility index (Phi) is 5.30. The summed E-state index contributed by atoms with van der Waals surface area (Å²) in [5.74, 6) is -1.12. The van der Waals surface area contributed by atoms with Crippen molar-refractivity contribution < 1.29 is 14.7 Å². The van der Waals surface area contributed by atoms with Crippen molar-refractivity contribution >= 4 is 29.3 Å². The van der Waals surface area contributed by atoms with Crippen LogP contribution in [0.25, 0.3) is 6.08 Å². The lowest BCUT2D eigenvalue weighted by Crippen LogP contribution is -2.43. The van der Waals surface area contributed by atoms with Crippen LogP contribution in [0.15, 0.2) is 17.5 Å². The highest BCUT2D eigenvalue weighted by atomic mass is 32.1. The largest absolute Gasteiger partial charge is 0.478 e. The summed E-state index contributed by atoms with van der Waals surface area (Å²) in [7, 11) is 0. The second kappa shape index (κ2) is 6.52. The molecular weight excluding hydrogens is 262 g/mol. The molecule has 0 unspecified atom stereocenters. The van der Waals surface area contributed by atoms with Crippen LogP contribution in [0.1, 0.15) is 48.8 Å². The molecular formula is C14H19NO3S. The molecule has 0 saturated heterocycles. The first-order valence-corrected chi connectivity index (χ1v) is 7.04. The number of hydrogen-bond donors (Lipinski definition) is 2. The molecule has 0 aliphatic carbocycles. The lowest BCUT2D eigenvalue weighted by molar-refractivity contribution is -0.131. The normalized spacial score (nSPS) is 11.7. The van der Waals surface area contributed by atoms with Gasteiger partial charge in [0.15, 0.2) is 0 Å². The Hall–Kier alpha value is -1.62. The number of rotatable bonds is 6. The average Bonchev–Trinajstić information content (AvgIpc) is 2.74. The topological polar surface area (TPSA) is 66.4 Å². The van der Waals surface area contributed by atoms with Gasteiger partial charge >= 0.3 is 5.97 Å². The number of aliphatic carboxylic acids is 1. The van der Waals surface area contributed by atoms with E-state index in [1.807, 2.05) is 13.8 Å². The molecule has 0 aliphatic rings. The molecule has 0 fully saturated rings. The van der Waals surface area contributed by atoms with Crippen molar-refractivity contribution in [3.8, 4) is 0 Å². The summed E-state index contributed by atoms with van der Waals surface area (Å²) < 4.78 is 0. The van der Waals surface area contributed by atoms with Crippen molar-refractivity contribution in [1.29, 1.82) is 0 Å². The standard InChI is InChI=1S/C14H19NO3S/c1-4-7-14(2,3)15-13(18)10-8-11(19-9-10)5-6-12(16)17/h5-6,8-9H,4,7H2,1-3H3,(H,15,18)(H,16,17)/b6-5+. The molecule has 1 rings (SSSR count). The minimum absolute atomic E-state index is 0.121. The van der Waals surface area contributed by atoms with Crippen LogP contribution in [0.4, 0.5) is 0 Å². The van der Waals surface area contributed by atoms with E-state index in [0.717, 1.165) is 23.8 Å². The zero-order chi connectivity index (χ0) is 14.5. The van der Waals surface area contributed by atoms with Gasteiger partial charge in [0.05, 0.1) is 5.56 Å². The Balaban J connectivity index is 2.71. The van der Waals surface area contributed by atoms with Gasteiger partial charge in [0.2, 0.25) is 0 Å². The summed E-state index contributed by atoms with van der Waals surface area (Å²) in [6.45, 7) is 6.06. The molecule has 0 aliphatic heterocycles. The van der Waals surface area contributed by atoms with Crippen LogP contribution in [0.5, 0.6) is 0 Å². The maximum atomic E-state index is 12.0. The highest BCUT2D eigenvalue weighted by molar-refractivity contribution is 7.11. The van der Waals surface area contributed by atoms with E-state index in [2.05, 4.69) is 12.2 Å². The Bertz CT molecular complexity index is 489. The van der Waals surface area contributed by atoms with Crippen molar-refractivity contribution in [1.82, 2.24) is 5.32 Å². The van der Waals surface area contributed by atoms with Crippen LogP contribution in [0.3, 0.4) is 0 Å². The van der Waals surface area contributed by atoms with Crippen LogP contribution in [-0.4, -0.2) is 22.5 Å². The maximum Gasteiger partial charge on any atom is 0.328 e. The molecule has 0 saturated carbocycles. The van der Waals surface area contributed by atoms with Gasteiger partial charge in [0.25, 0.3) is 5.91 Å². The number of carboxylic acids is 1. The second-order valence-electron chi connectivity index (χ2n) is 5.00. The van der Waals surface area contributed by atoms with E-state index < -0.39 is 5.97 Å². The first kappa shape index (κ1) is 15.4. The van der Waals surface area contributed by atoms with E-state index in [9.17, 15) is 9.59 Å². The van der Waals surface area contributed by atoms with Gasteiger partial charge in [-0.2, -0.15) is 0 Å².